The summed E-state index contributed by atoms with van der Waals surface area (Å²) < 4.78 is 16.2. The molecule has 212 valence electrons. The molecule has 0 bridgehead atoms. The van der Waals surface area contributed by atoms with Crippen LogP contribution in [0.2, 0.25) is 0 Å². The van der Waals surface area contributed by atoms with Crippen molar-refractivity contribution in [3.8, 4) is 0 Å². The number of ether oxygens (including phenoxy) is 3. The molecule has 2 aliphatic heterocycles. The van der Waals surface area contributed by atoms with Crippen molar-refractivity contribution in [2.24, 2.45) is 16.6 Å². The second-order valence-electron chi connectivity index (χ2n) is 9.78. The minimum atomic E-state index is -0.110. The van der Waals surface area contributed by atoms with Crippen molar-refractivity contribution in [1.82, 2.24) is 15.5 Å². The molecule has 2 amide bonds. The van der Waals surface area contributed by atoms with E-state index >= 15 is 0 Å². The molecule has 2 atom stereocenters. The molecule has 1 unspecified atom stereocenters. The molecular weight excluding hydrogens is 474 g/mol. The lowest BCUT2D eigenvalue weighted by atomic mass is 9.89. The second-order valence-corrected chi connectivity index (χ2v) is 9.78. The van der Waals surface area contributed by atoms with Crippen LogP contribution in [0.5, 0.6) is 0 Å². The first-order valence-electron chi connectivity index (χ1n) is 14.0. The number of rotatable bonds is 21. The van der Waals surface area contributed by atoms with E-state index in [4.69, 9.17) is 19.9 Å². The van der Waals surface area contributed by atoms with E-state index in [2.05, 4.69) is 33.8 Å². The zero-order valence-electron chi connectivity index (χ0n) is 22.8. The Bertz CT molecular complexity index is 703. The van der Waals surface area contributed by atoms with Gasteiger partial charge in [-0.1, -0.05) is 5.57 Å². The first-order valence-corrected chi connectivity index (χ1v) is 14.0. The fourth-order valence-electron chi connectivity index (χ4n) is 4.62. The van der Waals surface area contributed by atoms with Crippen LogP contribution >= 0.6 is 0 Å². The maximum atomic E-state index is 12.1. The molecule has 10 nitrogen and oxygen atoms in total. The van der Waals surface area contributed by atoms with E-state index in [1.54, 1.807) is 0 Å². The van der Waals surface area contributed by atoms with Gasteiger partial charge < -0.3 is 35.5 Å². The topological polar surface area (TPSA) is 128 Å². The van der Waals surface area contributed by atoms with E-state index in [0.717, 1.165) is 32.1 Å². The van der Waals surface area contributed by atoms with Crippen LogP contribution in [0.1, 0.15) is 57.8 Å². The van der Waals surface area contributed by atoms with Gasteiger partial charge in [0.25, 0.3) is 0 Å². The number of nitrogens with two attached hydrogens (primary N) is 1. The highest BCUT2D eigenvalue weighted by Crippen LogP contribution is 2.29. The normalized spacial score (nSPS) is 19.7. The monoisotopic (exact) mass is 523 g/mol. The van der Waals surface area contributed by atoms with E-state index in [9.17, 15) is 9.59 Å². The van der Waals surface area contributed by atoms with Gasteiger partial charge in [0.1, 0.15) is 0 Å². The van der Waals surface area contributed by atoms with Crippen LogP contribution in [-0.2, 0) is 23.8 Å². The van der Waals surface area contributed by atoms with E-state index in [-0.39, 0.29) is 24.7 Å². The second kappa shape index (κ2) is 20.2. The lowest BCUT2D eigenvalue weighted by molar-refractivity contribution is -0.126. The van der Waals surface area contributed by atoms with E-state index in [1.807, 2.05) is 6.20 Å². The van der Waals surface area contributed by atoms with Crippen molar-refractivity contribution in [1.29, 1.82) is 0 Å². The van der Waals surface area contributed by atoms with Crippen LogP contribution in [-0.4, -0.2) is 102 Å². The number of hydrogen-bond donors (Lipinski definition) is 3. The maximum absolute atomic E-state index is 12.1. The van der Waals surface area contributed by atoms with Crippen molar-refractivity contribution in [3.05, 3.63) is 11.8 Å². The van der Waals surface area contributed by atoms with Gasteiger partial charge in [0.05, 0.1) is 26.4 Å². The van der Waals surface area contributed by atoms with Crippen molar-refractivity contribution in [2.75, 3.05) is 72.9 Å². The summed E-state index contributed by atoms with van der Waals surface area (Å²) in [6, 6.07) is 0.605. The van der Waals surface area contributed by atoms with Gasteiger partial charge in [-0.2, -0.15) is 0 Å². The Morgan fingerprint density at radius 1 is 0.973 bits per heavy atom. The Hall–Kier alpha value is -1.85. The number of hydrogen-bond acceptors (Lipinski definition) is 8. The predicted molar refractivity (Wildman–Crippen MR) is 146 cm³/mol. The summed E-state index contributed by atoms with van der Waals surface area (Å²) in [5.74, 6) is 0.314. The number of carbonyl (C=O) groups excluding carboxylic acids is 2. The zero-order chi connectivity index (χ0) is 26.6. The lowest BCUT2D eigenvalue weighted by Crippen LogP contribution is -2.34. The van der Waals surface area contributed by atoms with Crippen molar-refractivity contribution in [3.63, 3.8) is 0 Å². The average molecular weight is 524 g/mol. The zero-order valence-corrected chi connectivity index (χ0v) is 22.8. The van der Waals surface area contributed by atoms with Gasteiger partial charge in [0.2, 0.25) is 11.8 Å². The Labute approximate surface area is 222 Å². The fraction of sp³-hybridized carbons (Fsp3) is 0.815. The Morgan fingerprint density at radius 2 is 1.59 bits per heavy atom. The third-order valence-electron chi connectivity index (χ3n) is 6.70. The van der Waals surface area contributed by atoms with Crippen LogP contribution in [0.3, 0.4) is 0 Å². The van der Waals surface area contributed by atoms with Crippen LogP contribution < -0.4 is 16.4 Å². The molecule has 0 spiro atoms. The molecule has 0 aliphatic carbocycles. The number of aliphatic imine (C=N–C) groups is 1. The summed E-state index contributed by atoms with van der Waals surface area (Å²) in [5.41, 5.74) is 6.75. The molecule has 0 radical (unpaired) electrons. The number of amides is 2. The molecule has 0 aromatic carbocycles. The summed E-state index contributed by atoms with van der Waals surface area (Å²) >= 11 is 0. The summed E-state index contributed by atoms with van der Waals surface area (Å²) in [4.78, 5) is 31.0. The third-order valence-corrected chi connectivity index (χ3v) is 6.70. The Balaban J connectivity index is 1.37. The predicted octanol–water partition coefficient (Wildman–Crippen LogP) is 1.64. The summed E-state index contributed by atoms with van der Waals surface area (Å²) in [6.45, 7) is 6.34. The van der Waals surface area contributed by atoms with E-state index < -0.39 is 0 Å². The van der Waals surface area contributed by atoms with Crippen molar-refractivity contribution >= 4 is 18.0 Å². The van der Waals surface area contributed by atoms with E-state index in [1.165, 1.54) is 25.0 Å². The quantitative estimate of drug-likeness (QED) is 0.195. The highest BCUT2D eigenvalue weighted by molar-refractivity contribution is 5.83. The molecule has 1 fully saturated rings. The minimum Gasteiger partial charge on any atom is -0.379 e. The minimum absolute atomic E-state index is 0.0793. The molecule has 2 heterocycles. The maximum Gasteiger partial charge on any atom is 0.220 e. The van der Waals surface area contributed by atoms with Crippen molar-refractivity contribution < 1.29 is 23.8 Å². The van der Waals surface area contributed by atoms with Gasteiger partial charge in [0.15, 0.2) is 0 Å². The highest BCUT2D eigenvalue weighted by Gasteiger charge is 2.29. The number of likely N-dealkylation sites (tertiary alicyclic amines) is 1. The van der Waals surface area contributed by atoms with Gasteiger partial charge in [-0.3, -0.25) is 14.6 Å². The Kier molecular flexibility index (Phi) is 17.1. The number of nitrogens with zero attached hydrogens (tertiary/aromatic N) is 2. The number of nitrogens with one attached hydrogen (secondary N) is 2. The van der Waals surface area contributed by atoms with Crippen LogP contribution in [0, 0.1) is 5.92 Å². The molecule has 0 saturated carbocycles. The smallest absolute Gasteiger partial charge is 0.220 e. The summed E-state index contributed by atoms with van der Waals surface area (Å²) in [5, 5.41) is 5.77. The van der Waals surface area contributed by atoms with Gasteiger partial charge in [0, 0.05) is 63.5 Å². The summed E-state index contributed by atoms with van der Waals surface area (Å²) in [7, 11) is 2.21. The summed E-state index contributed by atoms with van der Waals surface area (Å²) in [6.07, 6.45) is 11.5. The van der Waals surface area contributed by atoms with Crippen molar-refractivity contribution in [2.45, 2.75) is 63.8 Å². The average Bonchev–Trinajstić information content (AvgIpc) is 3.34. The van der Waals surface area contributed by atoms with Crippen LogP contribution in [0.4, 0.5) is 0 Å². The molecular formula is C27H49N5O5. The lowest BCUT2D eigenvalue weighted by Gasteiger charge is -2.28. The largest absolute Gasteiger partial charge is 0.379 e. The first-order chi connectivity index (χ1) is 18.1. The van der Waals surface area contributed by atoms with Gasteiger partial charge in [-0.25, -0.2) is 0 Å². The van der Waals surface area contributed by atoms with Gasteiger partial charge >= 0.3 is 0 Å². The van der Waals surface area contributed by atoms with Crippen LogP contribution in [0.15, 0.2) is 16.8 Å². The molecule has 10 heteroatoms. The van der Waals surface area contributed by atoms with Crippen LogP contribution in [0.25, 0.3) is 0 Å². The van der Waals surface area contributed by atoms with Gasteiger partial charge in [-0.05, 0) is 65.1 Å². The molecule has 0 aromatic rings. The van der Waals surface area contributed by atoms with E-state index in [0.29, 0.717) is 71.2 Å². The third kappa shape index (κ3) is 14.6. The molecule has 2 rings (SSSR count). The SMILES string of the molecule is CN1CCC[C@H]1C1C=NC=C(CCCNC(=O)CCC(=O)NCCCOCCOCCOCCCN)C1. The fourth-order valence-corrected chi connectivity index (χ4v) is 4.62. The number of allylic oxidation sites excluding steroid dienone is 1. The molecule has 1 saturated heterocycles. The number of carbonyl (C=O) groups is 2. The molecule has 0 aromatic heterocycles. The molecule has 2 aliphatic rings. The standard InChI is InChI=1S/C27H49N5O5/c1-32-13-3-7-25(32)24-20-23(21-29-22-24)6-2-11-30-26(33)8-9-27(34)31-12-5-15-36-17-19-37-18-16-35-14-4-10-28/h21-22,24-25H,2-20,28H2,1H3,(H,30,33)(H,31,34)/t24?,25-/m0/s1. The molecule has 4 N–H and O–H groups in total. The molecule has 37 heavy (non-hydrogen) atoms. The first kappa shape index (κ1) is 31.4. The van der Waals surface area contributed by atoms with Gasteiger partial charge in [-0.15, -0.1) is 0 Å². The Morgan fingerprint density at radius 3 is 2.22 bits per heavy atom. The highest BCUT2D eigenvalue weighted by atomic mass is 16.5.